The van der Waals surface area contributed by atoms with Crippen molar-refractivity contribution in [3.8, 4) is 0 Å². The number of rotatable bonds is 2. The van der Waals surface area contributed by atoms with Crippen LogP contribution in [0.4, 0.5) is 0 Å². The Labute approximate surface area is 112 Å². The number of pyridine rings is 1. The van der Waals surface area contributed by atoms with Crippen molar-refractivity contribution in [2.75, 3.05) is 5.75 Å². The van der Waals surface area contributed by atoms with Crippen LogP contribution in [-0.2, 0) is 0 Å². The highest BCUT2D eigenvalue weighted by Crippen LogP contribution is 2.35. The van der Waals surface area contributed by atoms with E-state index in [0.29, 0.717) is 5.25 Å². The number of hydrogen-bond acceptors (Lipinski definition) is 3. The predicted octanol–water partition coefficient (Wildman–Crippen LogP) is 3.52. The molecule has 3 heteroatoms. The summed E-state index contributed by atoms with van der Waals surface area (Å²) in [5, 5.41) is 3.00. The van der Waals surface area contributed by atoms with Crippen LogP contribution in [0.5, 0.6) is 0 Å². The monoisotopic (exact) mass is 258 g/mol. The third-order valence-electron chi connectivity index (χ3n) is 3.69. The van der Waals surface area contributed by atoms with Crippen LogP contribution in [0.1, 0.15) is 30.9 Å². The summed E-state index contributed by atoms with van der Waals surface area (Å²) in [6.45, 7) is 0. The highest BCUT2D eigenvalue weighted by Gasteiger charge is 2.23. The third-order valence-corrected chi connectivity index (χ3v) is 5.17. The van der Waals surface area contributed by atoms with Crippen molar-refractivity contribution in [3.63, 3.8) is 0 Å². The molecular weight excluding hydrogens is 240 g/mol. The van der Waals surface area contributed by atoms with E-state index in [2.05, 4.69) is 29.2 Å². The number of thioether (sulfide) groups is 1. The Morgan fingerprint density at radius 3 is 3.06 bits per heavy atom. The molecule has 3 rings (SSSR count). The summed E-state index contributed by atoms with van der Waals surface area (Å²) in [6, 6.07) is 8.57. The number of aromatic nitrogens is 1. The first-order valence-electron chi connectivity index (χ1n) is 6.56. The van der Waals surface area contributed by atoms with Crippen molar-refractivity contribution in [1.82, 2.24) is 4.98 Å². The number of fused-ring (bicyclic) bond motifs is 1. The van der Waals surface area contributed by atoms with E-state index in [4.69, 9.17) is 5.73 Å². The maximum atomic E-state index is 6.49. The number of nitrogens with two attached hydrogens (primary N) is 1. The molecule has 0 amide bonds. The largest absolute Gasteiger partial charge is 0.323 e. The summed E-state index contributed by atoms with van der Waals surface area (Å²) in [6.07, 6.45) is 7.67. The van der Waals surface area contributed by atoms with Crippen LogP contribution in [0.3, 0.4) is 0 Å². The second kappa shape index (κ2) is 5.29. The van der Waals surface area contributed by atoms with Crippen LogP contribution in [-0.4, -0.2) is 16.0 Å². The molecule has 1 fully saturated rings. The molecule has 2 heterocycles. The SMILES string of the molecule is NC(c1cccc2ccncc12)C1CCCCS1. The summed E-state index contributed by atoms with van der Waals surface area (Å²) in [5.41, 5.74) is 7.74. The molecule has 1 aliphatic rings. The van der Waals surface area contributed by atoms with E-state index in [0.717, 1.165) is 0 Å². The minimum Gasteiger partial charge on any atom is -0.323 e. The normalized spacial score (nSPS) is 21.9. The van der Waals surface area contributed by atoms with E-state index in [1.165, 1.54) is 41.4 Å². The first-order valence-corrected chi connectivity index (χ1v) is 7.61. The zero-order valence-electron chi connectivity index (χ0n) is 10.4. The molecule has 2 N–H and O–H groups in total. The van der Waals surface area contributed by atoms with Gasteiger partial charge in [-0.1, -0.05) is 24.6 Å². The molecule has 1 saturated heterocycles. The van der Waals surface area contributed by atoms with Gasteiger partial charge in [-0.05, 0) is 35.6 Å². The number of benzene rings is 1. The molecule has 0 radical (unpaired) electrons. The van der Waals surface area contributed by atoms with Gasteiger partial charge in [0.15, 0.2) is 0 Å². The fourth-order valence-corrected chi connectivity index (χ4v) is 4.04. The molecule has 0 saturated carbocycles. The Kier molecular flexibility index (Phi) is 3.52. The van der Waals surface area contributed by atoms with Gasteiger partial charge in [-0.3, -0.25) is 4.98 Å². The fourth-order valence-electron chi connectivity index (χ4n) is 2.68. The van der Waals surface area contributed by atoms with Crippen LogP contribution in [0, 0.1) is 0 Å². The zero-order chi connectivity index (χ0) is 12.4. The second-order valence-corrected chi connectivity index (χ2v) is 6.22. The van der Waals surface area contributed by atoms with Gasteiger partial charge in [0.25, 0.3) is 0 Å². The van der Waals surface area contributed by atoms with Crippen molar-refractivity contribution in [2.24, 2.45) is 5.73 Å². The second-order valence-electron chi connectivity index (χ2n) is 4.87. The predicted molar refractivity (Wildman–Crippen MR) is 78.8 cm³/mol. The van der Waals surface area contributed by atoms with Gasteiger partial charge in [-0.2, -0.15) is 11.8 Å². The molecule has 1 aromatic heterocycles. The van der Waals surface area contributed by atoms with Gasteiger partial charge in [-0.25, -0.2) is 0 Å². The van der Waals surface area contributed by atoms with E-state index < -0.39 is 0 Å². The molecule has 2 nitrogen and oxygen atoms in total. The molecule has 0 spiro atoms. The zero-order valence-corrected chi connectivity index (χ0v) is 11.2. The molecule has 94 valence electrons. The van der Waals surface area contributed by atoms with Crippen molar-refractivity contribution < 1.29 is 0 Å². The number of hydrogen-bond donors (Lipinski definition) is 1. The number of nitrogens with zero attached hydrogens (tertiary/aromatic N) is 1. The molecular formula is C15H18N2S. The maximum Gasteiger partial charge on any atom is 0.0422 e. The van der Waals surface area contributed by atoms with Crippen LogP contribution in [0.15, 0.2) is 36.7 Å². The first-order chi connectivity index (χ1) is 8.86. The Hall–Kier alpha value is -1.06. The lowest BCUT2D eigenvalue weighted by molar-refractivity contribution is 0.584. The molecule has 2 aromatic rings. The van der Waals surface area contributed by atoms with Crippen molar-refractivity contribution in [1.29, 1.82) is 0 Å². The van der Waals surface area contributed by atoms with E-state index in [-0.39, 0.29) is 6.04 Å². The van der Waals surface area contributed by atoms with Crippen LogP contribution in [0.2, 0.25) is 0 Å². The lowest BCUT2D eigenvalue weighted by Crippen LogP contribution is -2.26. The lowest BCUT2D eigenvalue weighted by atomic mass is 9.96. The average molecular weight is 258 g/mol. The van der Waals surface area contributed by atoms with E-state index >= 15 is 0 Å². The van der Waals surface area contributed by atoms with Crippen LogP contribution >= 0.6 is 11.8 Å². The Balaban J connectivity index is 1.97. The standard InChI is InChI=1S/C15H18N2S/c16-15(14-6-1-2-9-18-14)12-5-3-4-11-7-8-17-10-13(11)12/h3-5,7-8,10,14-15H,1-2,6,9,16H2. The van der Waals surface area contributed by atoms with Gasteiger partial charge in [0.1, 0.15) is 0 Å². The van der Waals surface area contributed by atoms with Crippen LogP contribution in [0.25, 0.3) is 10.8 Å². The topological polar surface area (TPSA) is 38.9 Å². The molecule has 1 aromatic carbocycles. The van der Waals surface area contributed by atoms with Crippen molar-refractivity contribution >= 4 is 22.5 Å². The van der Waals surface area contributed by atoms with Gasteiger partial charge < -0.3 is 5.73 Å². The molecule has 2 unspecified atom stereocenters. The Morgan fingerprint density at radius 2 is 2.22 bits per heavy atom. The van der Waals surface area contributed by atoms with E-state index in [1.807, 2.05) is 24.2 Å². The molecule has 18 heavy (non-hydrogen) atoms. The van der Waals surface area contributed by atoms with Gasteiger partial charge in [0.2, 0.25) is 0 Å². The van der Waals surface area contributed by atoms with Gasteiger partial charge in [0.05, 0.1) is 0 Å². The highest BCUT2D eigenvalue weighted by atomic mass is 32.2. The average Bonchev–Trinajstić information content (AvgIpc) is 2.47. The summed E-state index contributed by atoms with van der Waals surface area (Å²) in [4.78, 5) is 4.24. The summed E-state index contributed by atoms with van der Waals surface area (Å²) in [7, 11) is 0. The van der Waals surface area contributed by atoms with Crippen molar-refractivity contribution in [3.05, 3.63) is 42.2 Å². The van der Waals surface area contributed by atoms with Crippen molar-refractivity contribution in [2.45, 2.75) is 30.6 Å². The summed E-state index contributed by atoms with van der Waals surface area (Å²) in [5.74, 6) is 1.25. The Morgan fingerprint density at radius 1 is 1.28 bits per heavy atom. The minimum atomic E-state index is 0.128. The lowest BCUT2D eigenvalue weighted by Gasteiger charge is -2.28. The van der Waals surface area contributed by atoms with Crippen LogP contribution < -0.4 is 5.73 Å². The minimum absolute atomic E-state index is 0.128. The fraction of sp³-hybridized carbons (Fsp3) is 0.400. The molecule has 2 atom stereocenters. The molecule has 0 bridgehead atoms. The summed E-state index contributed by atoms with van der Waals surface area (Å²) < 4.78 is 0. The van der Waals surface area contributed by atoms with Gasteiger partial charge in [-0.15, -0.1) is 0 Å². The summed E-state index contributed by atoms with van der Waals surface area (Å²) >= 11 is 2.03. The molecule has 1 aliphatic heterocycles. The quantitative estimate of drug-likeness (QED) is 0.895. The first kappa shape index (κ1) is 12.0. The molecule has 0 aliphatic carbocycles. The Bertz CT molecular complexity index is 530. The van der Waals surface area contributed by atoms with E-state index in [1.54, 1.807) is 0 Å². The third kappa shape index (κ3) is 2.25. The van der Waals surface area contributed by atoms with Gasteiger partial charge in [0, 0.05) is 29.1 Å². The smallest absolute Gasteiger partial charge is 0.0422 e. The van der Waals surface area contributed by atoms with Gasteiger partial charge >= 0.3 is 0 Å². The maximum absolute atomic E-state index is 6.49. The highest BCUT2D eigenvalue weighted by molar-refractivity contribution is 8.00. The van der Waals surface area contributed by atoms with E-state index in [9.17, 15) is 0 Å².